The number of nitrogens with one attached hydrogen (secondary N) is 1. The van der Waals surface area contributed by atoms with Crippen LogP contribution >= 0.6 is 0 Å². The van der Waals surface area contributed by atoms with Crippen molar-refractivity contribution < 1.29 is 9.53 Å². The Morgan fingerprint density at radius 3 is 2.44 bits per heavy atom. The summed E-state index contributed by atoms with van der Waals surface area (Å²) in [4.78, 5) is 22.4. The van der Waals surface area contributed by atoms with Crippen molar-refractivity contribution in [2.45, 2.75) is 25.8 Å². The number of nitrogens with zero attached hydrogens (tertiary/aromatic N) is 3. The van der Waals surface area contributed by atoms with Crippen molar-refractivity contribution in [2.75, 3.05) is 24.1 Å². The highest BCUT2D eigenvalue weighted by atomic mass is 16.5. The fourth-order valence-electron chi connectivity index (χ4n) is 3.71. The van der Waals surface area contributed by atoms with Gasteiger partial charge in [0, 0.05) is 19.1 Å². The first-order chi connectivity index (χ1) is 15.6. The Morgan fingerprint density at radius 2 is 1.75 bits per heavy atom. The predicted molar refractivity (Wildman–Crippen MR) is 125 cm³/mol. The Hall–Kier alpha value is -4.05. The van der Waals surface area contributed by atoms with Crippen LogP contribution in [0, 0.1) is 11.8 Å². The van der Waals surface area contributed by atoms with Crippen molar-refractivity contribution in [3.63, 3.8) is 0 Å². The Bertz CT molecular complexity index is 1130. The first kappa shape index (κ1) is 21.2. The van der Waals surface area contributed by atoms with Crippen molar-refractivity contribution in [3.8, 4) is 34.5 Å². The molecule has 0 radical (unpaired) electrons. The van der Waals surface area contributed by atoms with E-state index in [9.17, 15) is 4.79 Å². The van der Waals surface area contributed by atoms with Gasteiger partial charge in [-0.05, 0) is 55.5 Å². The summed E-state index contributed by atoms with van der Waals surface area (Å²) in [6, 6.07) is 17.5. The molecule has 0 spiro atoms. The quantitative estimate of drug-likeness (QED) is 0.599. The molecule has 2 heterocycles. The fourth-order valence-corrected chi connectivity index (χ4v) is 3.71. The third kappa shape index (κ3) is 4.98. The van der Waals surface area contributed by atoms with Gasteiger partial charge in [-0.15, -0.1) is 0 Å². The van der Waals surface area contributed by atoms with E-state index in [0.29, 0.717) is 24.7 Å². The minimum atomic E-state index is -0.115. The molecule has 3 N–H and O–H groups in total. The smallest absolute Gasteiger partial charge is 0.298 e. The second kappa shape index (κ2) is 9.84. The highest BCUT2D eigenvalue weighted by Crippen LogP contribution is 2.33. The monoisotopic (exact) mass is 427 g/mol. The summed E-state index contributed by atoms with van der Waals surface area (Å²) in [7, 11) is 0. The molecule has 32 heavy (non-hydrogen) atoms. The number of amides is 1. The highest BCUT2D eigenvalue weighted by molar-refractivity contribution is 5.93. The molecule has 3 aromatic rings. The van der Waals surface area contributed by atoms with Crippen molar-refractivity contribution in [1.82, 2.24) is 14.9 Å². The first-order valence-corrected chi connectivity index (χ1v) is 10.6. The SMILES string of the molecule is CC#CC(=O)N1CCC(Nc2ncnc(N)c2-c2ccc(Oc3ccccc3)cc2)CC1. The zero-order chi connectivity index (χ0) is 22.3. The van der Waals surface area contributed by atoms with Gasteiger partial charge in [-0.1, -0.05) is 36.3 Å². The molecule has 7 heteroatoms. The molecular weight excluding hydrogens is 402 g/mol. The number of hydrogen-bond acceptors (Lipinski definition) is 6. The van der Waals surface area contributed by atoms with Crippen LogP contribution in [0.5, 0.6) is 11.5 Å². The van der Waals surface area contributed by atoms with E-state index >= 15 is 0 Å². The molecular formula is C25H25N5O2. The summed E-state index contributed by atoms with van der Waals surface area (Å²) < 4.78 is 5.88. The number of ether oxygens (including phenoxy) is 1. The zero-order valence-corrected chi connectivity index (χ0v) is 17.9. The van der Waals surface area contributed by atoms with Crippen LogP contribution in [0.25, 0.3) is 11.1 Å². The molecule has 1 fully saturated rings. The highest BCUT2D eigenvalue weighted by Gasteiger charge is 2.23. The summed E-state index contributed by atoms with van der Waals surface area (Å²) in [5.41, 5.74) is 7.88. The maximum atomic E-state index is 12.0. The molecule has 0 atom stereocenters. The summed E-state index contributed by atoms with van der Waals surface area (Å²) in [6.45, 7) is 2.99. The number of likely N-dealkylation sites (tertiary alicyclic amines) is 1. The number of para-hydroxylation sites is 1. The van der Waals surface area contributed by atoms with E-state index < -0.39 is 0 Å². The van der Waals surface area contributed by atoms with E-state index in [1.807, 2.05) is 54.6 Å². The lowest BCUT2D eigenvalue weighted by molar-refractivity contribution is -0.126. The molecule has 162 valence electrons. The number of aromatic nitrogens is 2. The van der Waals surface area contributed by atoms with Crippen molar-refractivity contribution in [3.05, 3.63) is 60.9 Å². The number of benzene rings is 2. The second-order valence-electron chi connectivity index (χ2n) is 7.51. The molecule has 1 saturated heterocycles. The topological polar surface area (TPSA) is 93.4 Å². The number of rotatable bonds is 5. The molecule has 4 rings (SSSR count). The lowest BCUT2D eigenvalue weighted by Gasteiger charge is -2.31. The van der Waals surface area contributed by atoms with Crippen LogP contribution in [0.1, 0.15) is 19.8 Å². The van der Waals surface area contributed by atoms with Crippen LogP contribution in [0.2, 0.25) is 0 Å². The van der Waals surface area contributed by atoms with Gasteiger partial charge in [0.2, 0.25) is 0 Å². The average Bonchev–Trinajstić information content (AvgIpc) is 2.81. The molecule has 1 aromatic heterocycles. The fraction of sp³-hybridized carbons (Fsp3) is 0.240. The zero-order valence-electron chi connectivity index (χ0n) is 17.9. The number of carbonyl (C=O) groups is 1. The van der Waals surface area contributed by atoms with Gasteiger partial charge in [-0.25, -0.2) is 9.97 Å². The number of carbonyl (C=O) groups excluding carboxylic acids is 1. The molecule has 0 unspecified atom stereocenters. The summed E-state index contributed by atoms with van der Waals surface area (Å²) >= 11 is 0. The van der Waals surface area contributed by atoms with Crippen molar-refractivity contribution in [2.24, 2.45) is 0 Å². The van der Waals surface area contributed by atoms with Gasteiger partial charge in [-0.2, -0.15) is 0 Å². The summed E-state index contributed by atoms with van der Waals surface area (Å²) in [5, 5.41) is 3.50. The number of piperidine rings is 1. The molecule has 2 aromatic carbocycles. The standard InChI is InChI=1S/C25H25N5O2/c1-2-6-22(31)30-15-13-19(14-16-30)29-25-23(24(26)27-17-28-25)18-9-11-21(12-10-18)32-20-7-4-3-5-8-20/h3-5,7-12,17,19H,13-16H2,1H3,(H3,26,27,28,29). The number of hydrogen-bond donors (Lipinski definition) is 2. The minimum Gasteiger partial charge on any atom is -0.457 e. The maximum Gasteiger partial charge on any atom is 0.298 e. The van der Waals surface area contributed by atoms with Crippen LogP contribution in [0.15, 0.2) is 60.9 Å². The number of nitrogens with two attached hydrogens (primary N) is 1. The molecule has 0 aliphatic carbocycles. The van der Waals surface area contributed by atoms with Gasteiger partial charge < -0.3 is 20.7 Å². The van der Waals surface area contributed by atoms with E-state index in [0.717, 1.165) is 35.5 Å². The minimum absolute atomic E-state index is 0.115. The summed E-state index contributed by atoms with van der Waals surface area (Å²) in [5.74, 6) is 7.77. The molecule has 0 bridgehead atoms. The second-order valence-corrected chi connectivity index (χ2v) is 7.51. The third-order valence-corrected chi connectivity index (χ3v) is 5.35. The van der Waals surface area contributed by atoms with Crippen molar-refractivity contribution in [1.29, 1.82) is 0 Å². The Morgan fingerprint density at radius 1 is 1.06 bits per heavy atom. The lowest BCUT2D eigenvalue weighted by atomic mass is 10.0. The largest absolute Gasteiger partial charge is 0.457 e. The van der Waals surface area contributed by atoms with E-state index in [-0.39, 0.29) is 11.9 Å². The van der Waals surface area contributed by atoms with E-state index in [2.05, 4.69) is 27.1 Å². The lowest BCUT2D eigenvalue weighted by Crippen LogP contribution is -2.42. The normalized spacial score (nSPS) is 13.7. The van der Waals surface area contributed by atoms with Gasteiger partial charge in [-0.3, -0.25) is 4.79 Å². The molecule has 1 aliphatic heterocycles. The van der Waals surface area contributed by atoms with E-state index in [4.69, 9.17) is 10.5 Å². The molecule has 1 amide bonds. The van der Waals surface area contributed by atoms with Crippen molar-refractivity contribution >= 4 is 17.5 Å². The van der Waals surface area contributed by atoms with Gasteiger partial charge in [0.15, 0.2) is 0 Å². The van der Waals surface area contributed by atoms with E-state index in [1.54, 1.807) is 11.8 Å². The Labute approximate surface area is 187 Å². The van der Waals surface area contributed by atoms with Crippen LogP contribution in [-0.4, -0.2) is 39.9 Å². The van der Waals surface area contributed by atoms with Crippen LogP contribution in [-0.2, 0) is 4.79 Å². The molecule has 1 aliphatic rings. The van der Waals surface area contributed by atoms with Gasteiger partial charge in [0.1, 0.15) is 29.5 Å². The molecule has 0 saturated carbocycles. The van der Waals surface area contributed by atoms with Crippen LogP contribution in [0.4, 0.5) is 11.6 Å². The predicted octanol–water partition coefficient (Wildman–Crippen LogP) is 3.94. The van der Waals surface area contributed by atoms with Gasteiger partial charge >= 0.3 is 0 Å². The first-order valence-electron chi connectivity index (χ1n) is 10.6. The van der Waals surface area contributed by atoms with Crippen LogP contribution in [0.3, 0.4) is 0 Å². The summed E-state index contributed by atoms with van der Waals surface area (Å²) in [6.07, 6.45) is 3.08. The van der Waals surface area contributed by atoms with Crippen LogP contribution < -0.4 is 15.8 Å². The van der Waals surface area contributed by atoms with Gasteiger partial charge in [0.05, 0.1) is 5.56 Å². The Balaban J connectivity index is 1.47. The van der Waals surface area contributed by atoms with E-state index in [1.165, 1.54) is 6.33 Å². The third-order valence-electron chi connectivity index (χ3n) is 5.35. The average molecular weight is 428 g/mol. The Kier molecular flexibility index (Phi) is 6.52. The maximum absolute atomic E-state index is 12.0. The van der Waals surface area contributed by atoms with Gasteiger partial charge in [0.25, 0.3) is 5.91 Å². The molecule has 7 nitrogen and oxygen atoms in total. The number of anilines is 2. The number of nitrogen functional groups attached to an aromatic ring is 1.